The van der Waals surface area contributed by atoms with Crippen molar-refractivity contribution in [1.82, 2.24) is 9.55 Å². The van der Waals surface area contributed by atoms with Crippen LogP contribution in [0.25, 0.3) is 16.6 Å². The Kier molecular flexibility index (Phi) is 7.07. The summed E-state index contributed by atoms with van der Waals surface area (Å²) in [4.78, 5) is 4.78. The molecule has 0 fully saturated rings. The smallest absolute Gasteiger partial charge is 0.192 e. The number of nitrogens with zero attached hydrogens (tertiary/aromatic N) is 3. The number of hydrogen-bond acceptors (Lipinski definition) is 5. The number of imidazole rings is 1. The van der Waals surface area contributed by atoms with E-state index in [-0.39, 0.29) is 23.2 Å². The van der Waals surface area contributed by atoms with Crippen LogP contribution in [0, 0.1) is 17.1 Å². The third-order valence-electron chi connectivity index (χ3n) is 8.12. The van der Waals surface area contributed by atoms with E-state index in [9.17, 15) is 14.8 Å². The molecule has 1 aliphatic heterocycles. The van der Waals surface area contributed by atoms with Crippen molar-refractivity contribution in [1.29, 1.82) is 5.26 Å². The summed E-state index contributed by atoms with van der Waals surface area (Å²) < 4.78 is 28.7. The van der Waals surface area contributed by atoms with E-state index in [1.807, 2.05) is 24.3 Å². The molecule has 0 amide bonds. The van der Waals surface area contributed by atoms with Crippen molar-refractivity contribution in [3.8, 4) is 17.6 Å². The number of nitriles is 1. The SMILES string of the molecule is C/C(C#N)=C1/c2ccc(Cn3c(CO[Si](C)(C)C(C)(C)C)nc4c(O)cccc43)cc2COc2cc(F)ccc21. The second-order valence-corrected chi connectivity index (χ2v) is 16.6. The molecule has 0 aliphatic carbocycles. The monoisotopic (exact) mass is 555 g/mol. The summed E-state index contributed by atoms with van der Waals surface area (Å²) in [6, 6.07) is 18.2. The van der Waals surface area contributed by atoms with Gasteiger partial charge in [-0.05, 0) is 72.1 Å². The lowest BCUT2D eigenvalue weighted by molar-refractivity contribution is 0.263. The fourth-order valence-corrected chi connectivity index (χ4v) is 5.73. The van der Waals surface area contributed by atoms with Gasteiger partial charge in [0.05, 0.1) is 18.2 Å². The normalized spacial score (nSPS) is 14.7. The fourth-order valence-electron chi connectivity index (χ4n) is 4.80. The van der Waals surface area contributed by atoms with E-state index in [1.165, 1.54) is 12.1 Å². The summed E-state index contributed by atoms with van der Waals surface area (Å²) in [6.07, 6.45) is 0. The van der Waals surface area contributed by atoms with Gasteiger partial charge in [0, 0.05) is 29.3 Å². The number of phenols is 1. The largest absolute Gasteiger partial charge is 0.506 e. The molecular formula is C32H34FN3O3Si. The highest BCUT2D eigenvalue weighted by Crippen LogP contribution is 2.40. The highest BCUT2D eigenvalue weighted by atomic mass is 28.4. The Labute approximate surface area is 235 Å². The first-order chi connectivity index (χ1) is 18.9. The van der Waals surface area contributed by atoms with Crippen LogP contribution in [-0.4, -0.2) is 23.0 Å². The van der Waals surface area contributed by atoms with Crippen LogP contribution in [0.5, 0.6) is 11.5 Å². The first kappa shape index (κ1) is 27.6. The van der Waals surface area contributed by atoms with Gasteiger partial charge in [-0.1, -0.05) is 39.0 Å². The molecule has 0 unspecified atom stereocenters. The fraction of sp³-hybridized carbons (Fsp3) is 0.312. The van der Waals surface area contributed by atoms with Gasteiger partial charge in [-0.25, -0.2) is 9.37 Å². The molecular weight excluding hydrogens is 521 g/mol. The predicted octanol–water partition coefficient (Wildman–Crippen LogP) is 7.69. The lowest BCUT2D eigenvalue weighted by Gasteiger charge is -2.36. The van der Waals surface area contributed by atoms with Crippen LogP contribution in [-0.2, 0) is 24.2 Å². The van der Waals surface area contributed by atoms with Crippen LogP contribution >= 0.6 is 0 Å². The van der Waals surface area contributed by atoms with Gasteiger partial charge in [0.25, 0.3) is 0 Å². The quantitative estimate of drug-likeness (QED) is 0.202. The molecule has 0 saturated heterocycles. The Hall–Kier alpha value is -3.93. The highest BCUT2D eigenvalue weighted by molar-refractivity contribution is 6.74. The minimum absolute atomic E-state index is 0.0518. The second kappa shape index (κ2) is 10.2. The molecule has 0 radical (unpaired) electrons. The Bertz CT molecular complexity index is 1690. The molecule has 1 aromatic heterocycles. The molecule has 0 bridgehead atoms. The average molecular weight is 556 g/mol. The second-order valence-electron chi connectivity index (χ2n) is 11.8. The number of halogens is 1. The zero-order valence-electron chi connectivity index (χ0n) is 23.8. The van der Waals surface area contributed by atoms with E-state index in [4.69, 9.17) is 14.1 Å². The van der Waals surface area contributed by atoms with E-state index < -0.39 is 8.32 Å². The number of ether oxygens (including phenoxy) is 1. The van der Waals surface area contributed by atoms with Gasteiger partial charge in [-0.3, -0.25) is 0 Å². The molecule has 40 heavy (non-hydrogen) atoms. The van der Waals surface area contributed by atoms with Crippen molar-refractivity contribution >= 4 is 24.9 Å². The zero-order valence-corrected chi connectivity index (χ0v) is 24.8. The topological polar surface area (TPSA) is 80.3 Å². The van der Waals surface area contributed by atoms with E-state index in [0.717, 1.165) is 33.6 Å². The molecule has 4 aromatic rings. The number of aromatic hydroxyl groups is 1. The van der Waals surface area contributed by atoms with Gasteiger partial charge in [0.2, 0.25) is 0 Å². The Morgan fingerprint density at radius 2 is 1.90 bits per heavy atom. The van der Waals surface area contributed by atoms with Gasteiger partial charge in [0.15, 0.2) is 8.32 Å². The van der Waals surface area contributed by atoms with E-state index in [1.54, 1.807) is 19.1 Å². The van der Waals surface area contributed by atoms with Crippen LogP contribution in [0.15, 0.2) is 60.2 Å². The lowest BCUT2D eigenvalue weighted by atomic mass is 9.90. The molecule has 8 heteroatoms. The van der Waals surface area contributed by atoms with Crippen molar-refractivity contribution in [2.75, 3.05) is 0 Å². The first-order valence-corrected chi connectivity index (χ1v) is 16.3. The maximum atomic E-state index is 14.0. The van der Waals surface area contributed by atoms with E-state index >= 15 is 0 Å². The molecule has 5 rings (SSSR count). The number of benzene rings is 3. The number of hydrogen-bond donors (Lipinski definition) is 1. The Balaban J connectivity index is 1.55. The van der Waals surface area contributed by atoms with Crippen LogP contribution in [0.3, 0.4) is 0 Å². The number of para-hydroxylation sites is 1. The van der Waals surface area contributed by atoms with Gasteiger partial charge in [-0.15, -0.1) is 0 Å². The van der Waals surface area contributed by atoms with Gasteiger partial charge < -0.3 is 18.8 Å². The number of allylic oxidation sites excluding steroid dienone is 1. The summed E-state index contributed by atoms with van der Waals surface area (Å²) in [5.41, 5.74) is 6.16. The molecule has 3 aromatic carbocycles. The summed E-state index contributed by atoms with van der Waals surface area (Å²) in [6.45, 7) is 13.9. The van der Waals surface area contributed by atoms with E-state index in [0.29, 0.717) is 35.6 Å². The number of fused-ring (bicyclic) bond motifs is 3. The summed E-state index contributed by atoms with van der Waals surface area (Å²) in [7, 11) is -2.04. The van der Waals surface area contributed by atoms with Crippen molar-refractivity contribution in [2.24, 2.45) is 0 Å². The van der Waals surface area contributed by atoms with Crippen molar-refractivity contribution in [3.05, 3.63) is 94.1 Å². The predicted molar refractivity (Wildman–Crippen MR) is 157 cm³/mol. The summed E-state index contributed by atoms with van der Waals surface area (Å²) in [5.74, 6) is 0.911. The lowest BCUT2D eigenvalue weighted by Crippen LogP contribution is -2.40. The van der Waals surface area contributed by atoms with Crippen LogP contribution in [0.2, 0.25) is 18.1 Å². The maximum absolute atomic E-state index is 14.0. The van der Waals surface area contributed by atoms with Crippen LogP contribution in [0.1, 0.15) is 55.8 Å². The number of aromatic nitrogens is 2. The van der Waals surface area contributed by atoms with E-state index in [2.05, 4.69) is 50.6 Å². The Morgan fingerprint density at radius 3 is 2.62 bits per heavy atom. The molecule has 0 spiro atoms. The number of rotatable bonds is 5. The standard InChI is InChI=1S/C32H34FN3O3Si/c1-20(16-34)30-24-12-10-21(14-22(24)18-38-28-15-23(33)11-13-25(28)30)17-36-26-8-7-9-27(37)31(26)35-29(36)19-39-40(5,6)32(2,3)4/h7-15,37H,17-19H2,1-6H3/b30-20+. The molecule has 2 heterocycles. The van der Waals surface area contributed by atoms with Crippen LogP contribution in [0.4, 0.5) is 4.39 Å². The molecule has 6 nitrogen and oxygen atoms in total. The zero-order chi connectivity index (χ0) is 28.8. The molecule has 1 aliphatic rings. The summed E-state index contributed by atoms with van der Waals surface area (Å²) in [5, 5.41) is 20.4. The number of phenolic OH excluding ortho intramolecular Hbond substituents is 1. The van der Waals surface area contributed by atoms with Gasteiger partial charge >= 0.3 is 0 Å². The third kappa shape index (κ3) is 5.03. The first-order valence-electron chi connectivity index (χ1n) is 13.4. The minimum atomic E-state index is -2.04. The minimum Gasteiger partial charge on any atom is -0.506 e. The molecule has 1 N–H and O–H groups in total. The van der Waals surface area contributed by atoms with Crippen molar-refractivity contribution < 1.29 is 18.7 Å². The molecule has 206 valence electrons. The highest BCUT2D eigenvalue weighted by Gasteiger charge is 2.37. The summed E-state index contributed by atoms with van der Waals surface area (Å²) >= 11 is 0. The Morgan fingerprint density at radius 1 is 1.15 bits per heavy atom. The molecule has 0 atom stereocenters. The van der Waals surface area contributed by atoms with Crippen molar-refractivity contribution in [3.63, 3.8) is 0 Å². The van der Waals surface area contributed by atoms with Gasteiger partial charge in [-0.2, -0.15) is 5.26 Å². The van der Waals surface area contributed by atoms with Crippen molar-refractivity contribution in [2.45, 2.75) is 65.6 Å². The average Bonchev–Trinajstić information content (AvgIpc) is 3.17. The maximum Gasteiger partial charge on any atom is 0.192 e. The van der Waals surface area contributed by atoms with Gasteiger partial charge in [0.1, 0.15) is 35.3 Å². The van der Waals surface area contributed by atoms with Crippen LogP contribution < -0.4 is 4.74 Å². The third-order valence-corrected chi connectivity index (χ3v) is 12.6. The molecule has 0 saturated carbocycles.